The monoisotopic (exact) mass is 223 g/mol. The second-order valence-corrected chi connectivity index (χ2v) is 5.79. The number of hydrogen-bond acceptors (Lipinski definition) is 3. The third kappa shape index (κ3) is 2.13. The van der Waals surface area contributed by atoms with Gasteiger partial charge in [-0.2, -0.15) is 0 Å². The molecule has 1 aliphatic heterocycles. The first-order chi connectivity index (χ1) is 7.08. The third-order valence-electron chi connectivity index (χ3n) is 2.78. The van der Waals surface area contributed by atoms with Crippen LogP contribution in [0.1, 0.15) is 29.0 Å². The van der Waals surface area contributed by atoms with Crippen molar-refractivity contribution in [2.75, 3.05) is 6.54 Å². The molecule has 15 heavy (non-hydrogen) atoms. The van der Waals surface area contributed by atoms with Gasteiger partial charge in [0.05, 0.1) is 5.37 Å². The van der Waals surface area contributed by atoms with Crippen LogP contribution in [-0.4, -0.2) is 16.9 Å². The molecule has 0 amide bonds. The minimum absolute atomic E-state index is 0.387. The second kappa shape index (κ2) is 4.06. The average Bonchev–Trinajstić information content (AvgIpc) is 2.60. The predicted octanol–water partition coefficient (Wildman–Crippen LogP) is 2.73. The zero-order chi connectivity index (χ0) is 11.0. The third-order valence-corrected chi connectivity index (χ3v) is 4.12. The Labute approximate surface area is 95.1 Å². The average molecular weight is 223 g/mol. The van der Waals surface area contributed by atoms with Gasteiger partial charge < -0.3 is 10.4 Å². The number of phenols is 1. The van der Waals surface area contributed by atoms with E-state index in [1.165, 1.54) is 5.56 Å². The Morgan fingerprint density at radius 3 is 2.40 bits per heavy atom. The first-order valence-corrected chi connectivity index (χ1v) is 6.21. The van der Waals surface area contributed by atoms with Crippen molar-refractivity contribution < 1.29 is 5.11 Å². The highest BCUT2D eigenvalue weighted by Crippen LogP contribution is 2.37. The lowest BCUT2D eigenvalue weighted by Crippen LogP contribution is -2.14. The van der Waals surface area contributed by atoms with E-state index >= 15 is 0 Å². The molecule has 2 unspecified atom stereocenters. The summed E-state index contributed by atoms with van der Waals surface area (Å²) < 4.78 is 0. The maximum Gasteiger partial charge on any atom is 0.121 e. The SMILES string of the molecule is Cc1cc(C2NCC(C)S2)cc(C)c1O. The van der Waals surface area contributed by atoms with Gasteiger partial charge in [-0.3, -0.25) is 0 Å². The Morgan fingerprint density at radius 1 is 1.33 bits per heavy atom. The summed E-state index contributed by atoms with van der Waals surface area (Å²) in [6.45, 7) is 7.20. The van der Waals surface area contributed by atoms with Crippen molar-refractivity contribution in [1.29, 1.82) is 0 Å². The molecule has 1 saturated heterocycles. The van der Waals surface area contributed by atoms with Crippen LogP contribution in [0.2, 0.25) is 0 Å². The van der Waals surface area contributed by atoms with E-state index < -0.39 is 0 Å². The Balaban J connectivity index is 2.29. The van der Waals surface area contributed by atoms with Crippen LogP contribution in [-0.2, 0) is 0 Å². The van der Waals surface area contributed by atoms with Crippen molar-refractivity contribution in [2.45, 2.75) is 31.4 Å². The molecule has 2 N–H and O–H groups in total. The van der Waals surface area contributed by atoms with Crippen molar-refractivity contribution in [3.8, 4) is 5.75 Å². The van der Waals surface area contributed by atoms with Gasteiger partial charge in [-0.05, 0) is 42.7 Å². The largest absolute Gasteiger partial charge is 0.507 e. The Morgan fingerprint density at radius 2 is 1.93 bits per heavy atom. The lowest BCUT2D eigenvalue weighted by molar-refractivity contribution is 0.466. The quantitative estimate of drug-likeness (QED) is 0.768. The second-order valence-electron chi connectivity index (χ2n) is 4.24. The summed E-state index contributed by atoms with van der Waals surface area (Å²) in [6, 6.07) is 4.15. The van der Waals surface area contributed by atoms with Gasteiger partial charge >= 0.3 is 0 Å². The normalized spacial score (nSPS) is 25.8. The van der Waals surface area contributed by atoms with Gasteiger partial charge in [0.25, 0.3) is 0 Å². The van der Waals surface area contributed by atoms with E-state index in [9.17, 15) is 5.11 Å². The summed E-state index contributed by atoms with van der Waals surface area (Å²) in [7, 11) is 0. The molecule has 1 aromatic carbocycles. The summed E-state index contributed by atoms with van der Waals surface area (Å²) in [6.07, 6.45) is 0. The van der Waals surface area contributed by atoms with Crippen molar-refractivity contribution in [3.05, 3.63) is 28.8 Å². The van der Waals surface area contributed by atoms with E-state index in [0.717, 1.165) is 17.7 Å². The molecule has 3 heteroatoms. The zero-order valence-corrected chi connectivity index (χ0v) is 10.2. The Kier molecular flexibility index (Phi) is 2.94. The molecular weight excluding hydrogens is 206 g/mol. The molecule has 2 rings (SSSR count). The number of hydrogen-bond donors (Lipinski definition) is 2. The maximum atomic E-state index is 9.70. The standard InChI is InChI=1S/C12H17NOS/c1-7-4-10(5-8(2)11(7)14)12-13-6-9(3)15-12/h4-5,9,12-14H,6H2,1-3H3. The topological polar surface area (TPSA) is 32.3 Å². The zero-order valence-electron chi connectivity index (χ0n) is 9.37. The molecule has 0 aromatic heterocycles. The highest BCUT2D eigenvalue weighted by molar-refractivity contribution is 8.00. The smallest absolute Gasteiger partial charge is 0.121 e. The fourth-order valence-electron chi connectivity index (χ4n) is 1.94. The molecule has 0 spiro atoms. The van der Waals surface area contributed by atoms with Gasteiger partial charge in [0.2, 0.25) is 0 Å². The molecule has 1 heterocycles. The Bertz CT molecular complexity index is 355. The van der Waals surface area contributed by atoms with Gasteiger partial charge in [-0.25, -0.2) is 0 Å². The summed E-state index contributed by atoms with van der Waals surface area (Å²) in [5, 5.41) is 14.2. The van der Waals surface area contributed by atoms with E-state index in [1.807, 2.05) is 25.6 Å². The van der Waals surface area contributed by atoms with Crippen molar-refractivity contribution >= 4 is 11.8 Å². The van der Waals surface area contributed by atoms with Crippen molar-refractivity contribution in [2.24, 2.45) is 0 Å². The first-order valence-electron chi connectivity index (χ1n) is 5.27. The van der Waals surface area contributed by atoms with E-state index in [2.05, 4.69) is 24.4 Å². The van der Waals surface area contributed by atoms with Crippen LogP contribution in [0.15, 0.2) is 12.1 Å². The molecule has 82 valence electrons. The van der Waals surface area contributed by atoms with E-state index in [0.29, 0.717) is 16.4 Å². The molecule has 2 atom stereocenters. The highest BCUT2D eigenvalue weighted by atomic mass is 32.2. The number of thioether (sulfide) groups is 1. The van der Waals surface area contributed by atoms with Crippen LogP contribution in [0, 0.1) is 13.8 Å². The maximum absolute atomic E-state index is 9.70. The van der Waals surface area contributed by atoms with Crippen LogP contribution >= 0.6 is 11.8 Å². The van der Waals surface area contributed by atoms with Crippen molar-refractivity contribution in [3.63, 3.8) is 0 Å². The van der Waals surface area contributed by atoms with Gasteiger partial charge in [0.15, 0.2) is 0 Å². The van der Waals surface area contributed by atoms with E-state index in [1.54, 1.807) is 0 Å². The molecule has 0 bridgehead atoms. The molecular formula is C12H17NOS. The number of aryl methyl sites for hydroxylation is 2. The lowest BCUT2D eigenvalue weighted by Gasteiger charge is -2.13. The van der Waals surface area contributed by atoms with Crippen LogP contribution < -0.4 is 5.32 Å². The lowest BCUT2D eigenvalue weighted by atomic mass is 10.1. The van der Waals surface area contributed by atoms with Gasteiger partial charge in [0, 0.05) is 11.8 Å². The number of benzene rings is 1. The predicted molar refractivity (Wildman–Crippen MR) is 65.4 cm³/mol. The minimum Gasteiger partial charge on any atom is -0.507 e. The summed E-state index contributed by atoms with van der Waals surface area (Å²) in [5.74, 6) is 0.426. The fraction of sp³-hybridized carbons (Fsp3) is 0.500. The molecule has 1 aliphatic rings. The van der Waals surface area contributed by atoms with Crippen molar-refractivity contribution in [1.82, 2.24) is 5.32 Å². The van der Waals surface area contributed by atoms with Crippen LogP contribution in [0.5, 0.6) is 5.75 Å². The first kappa shape index (κ1) is 10.8. The number of nitrogens with one attached hydrogen (secondary N) is 1. The number of phenolic OH excluding ortho intramolecular Hbond substituents is 1. The summed E-state index contributed by atoms with van der Waals surface area (Å²) in [4.78, 5) is 0. The van der Waals surface area contributed by atoms with Crippen LogP contribution in [0.25, 0.3) is 0 Å². The van der Waals surface area contributed by atoms with Crippen LogP contribution in [0.4, 0.5) is 0 Å². The Hall–Kier alpha value is -0.670. The summed E-state index contributed by atoms with van der Waals surface area (Å²) in [5.41, 5.74) is 3.20. The number of aromatic hydroxyl groups is 1. The van der Waals surface area contributed by atoms with Crippen LogP contribution in [0.3, 0.4) is 0 Å². The van der Waals surface area contributed by atoms with E-state index in [-0.39, 0.29) is 0 Å². The van der Waals surface area contributed by atoms with Gasteiger partial charge in [0.1, 0.15) is 5.75 Å². The van der Waals surface area contributed by atoms with Gasteiger partial charge in [-0.1, -0.05) is 6.92 Å². The minimum atomic E-state index is 0.387. The molecule has 0 aliphatic carbocycles. The summed E-state index contributed by atoms with van der Waals surface area (Å²) >= 11 is 1.95. The van der Waals surface area contributed by atoms with E-state index in [4.69, 9.17) is 0 Å². The number of rotatable bonds is 1. The molecule has 0 radical (unpaired) electrons. The molecule has 0 saturated carbocycles. The van der Waals surface area contributed by atoms with Gasteiger partial charge in [-0.15, -0.1) is 11.8 Å². The molecule has 1 fully saturated rings. The highest BCUT2D eigenvalue weighted by Gasteiger charge is 2.23. The fourth-order valence-corrected chi connectivity index (χ4v) is 3.08. The molecule has 1 aromatic rings. The molecule has 2 nitrogen and oxygen atoms in total.